The molecule has 0 saturated carbocycles. The van der Waals surface area contributed by atoms with Crippen molar-refractivity contribution in [3.8, 4) is 11.5 Å². The van der Waals surface area contributed by atoms with Crippen molar-refractivity contribution in [2.45, 2.75) is 103 Å². The van der Waals surface area contributed by atoms with Gasteiger partial charge in [-0.1, -0.05) is 122 Å². The molecule has 2 aromatic carbocycles. The lowest BCUT2D eigenvalue weighted by molar-refractivity contribution is 0.301. The van der Waals surface area contributed by atoms with E-state index in [4.69, 9.17) is 9.47 Å². The molecule has 2 aromatic rings. The van der Waals surface area contributed by atoms with E-state index in [-0.39, 0.29) is 0 Å². The Morgan fingerprint density at radius 3 is 1.53 bits per heavy atom. The van der Waals surface area contributed by atoms with Crippen LogP contribution >= 0.6 is 31.9 Å². The van der Waals surface area contributed by atoms with Gasteiger partial charge in [-0.3, -0.25) is 0 Å². The first-order valence-electron chi connectivity index (χ1n) is 13.4. The van der Waals surface area contributed by atoms with E-state index in [1.807, 2.05) is 12.1 Å². The van der Waals surface area contributed by atoms with Crippen LogP contribution in [0.25, 0.3) is 0 Å². The Kier molecular flexibility index (Phi) is 15.7. The van der Waals surface area contributed by atoms with Gasteiger partial charge in [-0.05, 0) is 53.9 Å². The van der Waals surface area contributed by atoms with E-state index in [2.05, 4.69) is 63.0 Å². The van der Waals surface area contributed by atoms with E-state index >= 15 is 0 Å². The van der Waals surface area contributed by atoms with Crippen molar-refractivity contribution in [2.75, 3.05) is 13.7 Å². The summed E-state index contributed by atoms with van der Waals surface area (Å²) in [4.78, 5) is 0. The van der Waals surface area contributed by atoms with Crippen molar-refractivity contribution in [3.63, 3.8) is 0 Å². The smallest absolute Gasteiger partial charge is 0.122 e. The summed E-state index contributed by atoms with van der Waals surface area (Å²) < 4.78 is 13.9. The lowest BCUT2D eigenvalue weighted by atomic mass is 10.0. The van der Waals surface area contributed by atoms with E-state index in [0.717, 1.165) is 45.5 Å². The molecule has 0 aromatic heterocycles. The van der Waals surface area contributed by atoms with Crippen LogP contribution in [0.5, 0.6) is 11.5 Å². The second-order valence-electron chi connectivity index (χ2n) is 9.33. The monoisotopic (exact) mass is 594 g/mol. The molecule has 0 fully saturated rings. The van der Waals surface area contributed by atoms with E-state index in [1.54, 1.807) is 7.11 Å². The molecule has 2 nitrogen and oxygen atoms in total. The third-order valence-corrected chi connectivity index (χ3v) is 7.39. The standard InChI is InChI=1S/C30H44Br2O2/c1-3-4-5-6-7-8-9-10-11-12-13-14-15-16-21-34-30-20-18-28(32)24-26(30)22-25-23-27(31)17-19-29(25)33-2/h17-20,23-24H,3-16,21-22H2,1-2H3. The van der Waals surface area contributed by atoms with Crippen molar-refractivity contribution in [1.29, 1.82) is 0 Å². The molecular weight excluding hydrogens is 552 g/mol. The van der Waals surface area contributed by atoms with Gasteiger partial charge >= 0.3 is 0 Å². The summed E-state index contributed by atoms with van der Waals surface area (Å²) in [6, 6.07) is 12.4. The van der Waals surface area contributed by atoms with Crippen LogP contribution < -0.4 is 9.47 Å². The van der Waals surface area contributed by atoms with Gasteiger partial charge in [0.05, 0.1) is 13.7 Å². The summed E-state index contributed by atoms with van der Waals surface area (Å²) in [6.45, 7) is 3.07. The number of ether oxygens (including phenoxy) is 2. The minimum absolute atomic E-state index is 0.774. The minimum Gasteiger partial charge on any atom is -0.496 e. The highest BCUT2D eigenvalue weighted by molar-refractivity contribution is 9.10. The zero-order valence-electron chi connectivity index (χ0n) is 21.4. The Hall–Kier alpha value is -1.00. The fourth-order valence-corrected chi connectivity index (χ4v) is 5.21. The molecule has 2 rings (SSSR count). The summed E-state index contributed by atoms with van der Waals surface area (Å²) in [5.74, 6) is 1.88. The predicted molar refractivity (Wildman–Crippen MR) is 153 cm³/mol. The molecule has 4 heteroatoms. The van der Waals surface area contributed by atoms with Crippen molar-refractivity contribution < 1.29 is 9.47 Å². The van der Waals surface area contributed by atoms with Gasteiger partial charge in [0.25, 0.3) is 0 Å². The Morgan fingerprint density at radius 2 is 1.03 bits per heavy atom. The first kappa shape index (κ1) is 29.2. The third kappa shape index (κ3) is 12.1. The number of halogens is 2. The number of unbranched alkanes of at least 4 members (excludes halogenated alkanes) is 13. The molecule has 34 heavy (non-hydrogen) atoms. The highest BCUT2D eigenvalue weighted by Crippen LogP contribution is 2.31. The normalized spacial score (nSPS) is 11.1. The Balaban J connectivity index is 1.61. The van der Waals surface area contributed by atoms with Gasteiger partial charge < -0.3 is 9.47 Å². The largest absolute Gasteiger partial charge is 0.496 e. The van der Waals surface area contributed by atoms with Gasteiger partial charge in [-0.15, -0.1) is 0 Å². The average Bonchev–Trinajstić information content (AvgIpc) is 2.83. The summed E-state index contributed by atoms with van der Waals surface area (Å²) in [5.41, 5.74) is 2.33. The highest BCUT2D eigenvalue weighted by atomic mass is 79.9. The van der Waals surface area contributed by atoms with E-state index in [9.17, 15) is 0 Å². The Labute approximate surface area is 225 Å². The SMILES string of the molecule is CCCCCCCCCCCCCCCCOc1ccc(Br)cc1Cc1cc(Br)ccc1OC. The summed E-state index contributed by atoms with van der Waals surface area (Å²) in [5, 5.41) is 0. The molecular formula is C30H44Br2O2. The van der Waals surface area contributed by atoms with Crippen LogP contribution in [0, 0.1) is 0 Å². The Morgan fingerprint density at radius 1 is 0.588 bits per heavy atom. The van der Waals surface area contributed by atoms with Crippen molar-refractivity contribution in [1.82, 2.24) is 0 Å². The minimum atomic E-state index is 0.774. The maximum Gasteiger partial charge on any atom is 0.122 e. The molecule has 0 spiro atoms. The quantitative estimate of drug-likeness (QED) is 0.150. The van der Waals surface area contributed by atoms with Gasteiger partial charge in [0.15, 0.2) is 0 Å². The van der Waals surface area contributed by atoms with Crippen molar-refractivity contribution in [2.24, 2.45) is 0 Å². The lowest BCUT2D eigenvalue weighted by Crippen LogP contribution is -2.02. The molecule has 190 valence electrons. The third-order valence-electron chi connectivity index (χ3n) is 6.40. The first-order chi connectivity index (χ1) is 16.6. The molecule has 0 N–H and O–H groups in total. The summed E-state index contributed by atoms with van der Waals surface area (Å²) in [6.07, 6.45) is 20.0. The fraction of sp³-hybridized carbons (Fsp3) is 0.600. The molecule has 0 atom stereocenters. The predicted octanol–water partition coefficient (Wildman–Crippen LogP) is 10.7. The van der Waals surface area contributed by atoms with Gasteiger partial charge in [-0.2, -0.15) is 0 Å². The second-order valence-corrected chi connectivity index (χ2v) is 11.2. The fourth-order valence-electron chi connectivity index (χ4n) is 4.40. The van der Waals surface area contributed by atoms with Crippen LogP contribution in [0.1, 0.15) is 108 Å². The van der Waals surface area contributed by atoms with E-state index in [0.29, 0.717) is 0 Å². The van der Waals surface area contributed by atoms with Crippen LogP contribution in [0.4, 0.5) is 0 Å². The molecule has 0 unspecified atom stereocenters. The van der Waals surface area contributed by atoms with E-state index < -0.39 is 0 Å². The molecule has 0 radical (unpaired) electrons. The van der Waals surface area contributed by atoms with Crippen LogP contribution in [0.15, 0.2) is 45.3 Å². The maximum absolute atomic E-state index is 6.20. The molecule has 0 aliphatic heterocycles. The highest BCUT2D eigenvalue weighted by Gasteiger charge is 2.10. The number of hydrogen-bond acceptors (Lipinski definition) is 2. The average molecular weight is 596 g/mol. The van der Waals surface area contributed by atoms with Crippen molar-refractivity contribution in [3.05, 3.63) is 56.5 Å². The molecule has 0 bridgehead atoms. The van der Waals surface area contributed by atoms with E-state index in [1.165, 1.54) is 89.0 Å². The zero-order chi connectivity index (χ0) is 24.4. The van der Waals surface area contributed by atoms with Gasteiger partial charge in [0.2, 0.25) is 0 Å². The first-order valence-corrected chi connectivity index (χ1v) is 15.0. The van der Waals surface area contributed by atoms with Crippen molar-refractivity contribution >= 4 is 31.9 Å². The van der Waals surface area contributed by atoms with Crippen LogP contribution in [-0.4, -0.2) is 13.7 Å². The van der Waals surface area contributed by atoms with Gasteiger partial charge in [0.1, 0.15) is 11.5 Å². The topological polar surface area (TPSA) is 18.5 Å². The number of benzene rings is 2. The number of methoxy groups -OCH3 is 1. The lowest BCUT2D eigenvalue weighted by Gasteiger charge is -2.14. The zero-order valence-corrected chi connectivity index (χ0v) is 24.5. The second kappa shape index (κ2) is 18.3. The molecule has 0 saturated heterocycles. The molecule has 0 aliphatic carbocycles. The summed E-state index contributed by atoms with van der Waals surface area (Å²) >= 11 is 7.19. The van der Waals surface area contributed by atoms with Gasteiger partial charge in [-0.25, -0.2) is 0 Å². The van der Waals surface area contributed by atoms with Crippen LogP contribution in [-0.2, 0) is 6.42 Å². The van der Waals surface area contributed by atoms with Crippen LogP contribution in [0.2, 0.25) is 0 Å². The summed E-state index contributed by atoms with van der Waals surface area (Å²) in [7, 11) is 1.72. The number of rotatable bonds is 19. The Bertz CT molecular complexity index is 806. The van der Waals surface area contributed by atoms with Crippen LogP contribution in [0.3, 0.4) is 0 Å². The molecule has 0 aliphatic rings. The molecule has 0 heterocycles. The molecule has 0 amide bonds. The number of hydrogen-bond donors (Lipinski definition) is 0. The maximum atomic E-state index is 6.20. The van der Waals surface area contributed by atoms with Gasteiger partial charge in [0, 0.05) is 15.4 Å².